The average Bonchev–Trinajstić information content (AvgIpc) is 3.09. The lowest BCUT2D eigenvalue weighted by Gasteiger charge is -2.08. The quantitative estimate of drug-likeness (QED) is 0.450. The fourth-order valence-electron chi connectivity index (χ4n) is 3.03. The van der Waals surface area contributed by atoms with Crippen molar-refractivity contribution in [2.45, 2.75) is 51.6 Å². The molecule has 0 radical (unpaired) electrons. The van der Waals surface area contributed by atoms with Gasteiger partial charge in [0.25, 0.3) is 0 Å². The van der Waals surface area contributed by atoms with Crippen LogP contribution in [-0.4, -0.2) is 26.7 Å². The number of ether oxygens (including phenoxy) is 1. The van der Waals surface area contributed by atoms with Gasteiger partial charge in [-0.2, -0.15) is 13.2 Å². The molecule has 3 aromatic rings. The molecule has 3 rings (SSSR count). The number of aromatic hydroxyl groups is 1. The van der Waals surface area contributed by atoms with Gasteiger partial charge in [-0.05, 0) is 36.8 Å². The van der Waals surface area contributed by atoms with Crippen LogP contribution >= 0.6 is 0 Å². The number of aromatic nitrogens is 3. The average molecular weight is 407 g/mol. The third-order valence-electron chi connectivity index (χ3n) is 4.64. The van der Waals surface area contributed by atoms with Crippen LogP contribution in [0.1, 0.15) is 51.0 Å². The zero-order valence-corrected chi connectivity index (χ0v) is 16.2. The minimum atomic E-state index is -4.45. The zero-order valence-electron chi connectivity index (χ0n) is 16.2. The molecule has 8 heteroatoms. The second-order valence-corrected chi connectivity index (χ2v) is 6.96. The van der Waals surface area contributed by atoms with E-state index in [9.17, 15) is 18.3 Å². The van der Waals surface area contributed by atoms with Crippen molar-refractivity contribution in [3.63, 3.8) is 0 Å². The highest BCUT2D eigenvalue weighted by molar-refractivity contribution is 5.75. The predicted molar refractivity (Wildman–Crippen MR) is 104 cm³/mol. The molecule has 1 N–H and O–H groups in total. The molecule has 0 saturated carbocycles. The summed E-state index contributed by atoms with van der Waals surface area (Å²) in [4.78, 5) is 1.12. The van der Waals surface area contributed by atoms with Gasteiger partial charge < -0.3 is 9.84 Å². The van der Waals surface area contributed by atoms with Gasteiger partial charge in [0, 0.05) is 6.07 Å². The third-order valence-corrected chi connectivity index (χ3v) is 4.64. The number of rotatable bonds is 9. The maximum Gasteiger partial charge on any atom is 0.416 e. The highest BCUT2D eigenvalue weighted by atomic mass is 19.4. The Balaban J connectivity index is 1.65. The predicted octanol–water partition coefficient (Wildman–Crippen LogP) is 5.88. The van der Waals surface area contributed by atoms with Gasteiger partial charge in [-0.25, -0.2) is 0 Å². The SMILES string of the molecule is CCCCCCCCOc1ccc(-n2nc3ccc(C(F)(F)F)cc3n2)c(O)c1. The summed E-state index contributed by atoms with van der Waals surface area (Å²) in [6.45, 7) is 2.75. The Labute approximate surface area is 167 Å². The summed E-state index contributed by atoms with van der Waals surface area (Å²) in [6, 6.07) is 7.88. The van der Waals surface area contributed by atoms with Crippen LogP contribution in [0.2, 0.25) is 0 Å². The van der Waals surface area contributed by atoms with Crippen LogP contribution in [0.15, 0.2) is 36.4 Å². The van der Waals surface area contributed by atoms with E-state index in [1.165, 1.54) is 37.8 Å². The Kier molecular flexibility index (Phi) is 6.61. The molecule has 0 aliphatic heterocycles. The molecule has 0 atom stereocenters. The summed E-state index contributed by atoms with van der Waals surface area (Å²) in [5.41, 5.74) is -0.121. The van der Waals surface area contributed by atoms with E-state index in [1.807, 2.05) is 0 Å². The van der Waals surface area contributed by atoms with Gasteiger partial charge in [-0.15, -0.1) is 15.0 Å². The van der Waals surface area contributed by atoms with Crippen LogP contribution in [0.4, 0.5) is 13.2 Å². The third kappa shape index (κ3) is 5.40. The lowest BCUT2D eigenvalue weighted by molar-refractivity contribution is -0.137. The second-order valence-electron chi connectivity index (χ2n) is 6.96. The Morgan fingerprint density at radius 2 is 1.66 bits per heavy atom. The summed E-state index contributed by atoms with van der Waals surface area (Å²) in [6.07, 6.45) is 2.50. The van der Waals surface area contributed by atoms with Gasteiger partial charge in [-0.3, -0.25) is 0 Å². The van der Waals surface area contributed by atoms with Crippen LogP contribution in [0.5, 0.6) is 11.5 Å². The number of hydrogen-bond donors (Lipinski definition) is 1. The summed E-state index contributed by atoms with van der Waals surface area (Å²) in [5.74, 6) is 0.415. The smallest absolute Gasteiger partial charge is 0.416 e. The first-order valence-corrected chi connectivity index (χ1v) is 9.79. The molecule has 0 bridgehead atoms. The first-order chi connectivity index (χ1) is 13.9. The summed E-state index contributed by atoms with van der Waals surface area (Å²) in [7, 11) is 0. The molecule has 2 aromatic carbocycles. The van der Waals surface area contributed by atoms with Crippen molar-refractivity contribution < 1.29 is 23.0 Å². The van der Waals surface area contributed by atoms with Crippen molar-refractivity contribution in [1.82, 2.24) is 15.0 Å². The van der Waals surface area contributed by atoms with Gasteiger partial charge in [0.05, 0.1) is 12.2 Å². The number of unbranched alkanes of at least 4 members (excludes halogenated alkanes) is 5. The van der Waals surface area contributed by atoms with E-state index >= 15 is 0 Å². The Hall–Kier alpha value is -2.77. The number of alkyl halides is 3. The molecule has 0 fully saturated rings. The van der Waals surface area contributed by atoms with Crippen LogP contribution in [0.25, 0.3) is 16.7 Å². The van der Waals surface area contributed by atoms with Crippen molar-refractivity contribution in [3.8, 4) is 17.2 Å². The van der Waals surface area contributed by atoms with Gasteiger partial charge in [0.1, 0.15) is 28.2 Å². The Bertz CT molecular complexity index is 954. The molecule has 0 aliphatic carbocycles. The van der Waals surface area contributed by atoms with Gasteiger partial charge in [-0.1, -0.05) is 39.0 Å². The molecule has 0 saturated heterocycles. The fraction of sp³-hybridized carbons (Fsp3) is 0.429. The maximum absolute atomic E-state index is 12.9. The van der Waals surface area contributed by atoms with Gasteiger partial charge >= 0.3 is 6.18 Å². The van der Waals surface area contributed by atoms with E-state index in [0.717, 1.165) is 29.8 Å². The van der Waals surface area contributed by atoms with Crippen molar-refractivity contribution in [2.24, 2.45) is 0 Å². The molecule has 0 unspecified atom stereocenters. The monoisotopic (exact) mass is 407 g/mol. The van der Waals surface area contributed by atoms with Gasteiger partial charge in [0.15, 0.2) is 0 Å². The van der Waals surface area contributed by atoms with E-state index in [-0.39, 0.29) is 17.0 Å². The largest absolute Gasteiger partial charge is 0.505 e. The molecule has 0 spiro atoms. The van der Waals surface area contributed by atoms with E-state index < -0.39 is 11.7 Å². The highest BCUT2D eigenvalue weighted by Crippen LogP contribution is 2.31. The normalized spacial score (nSPS) is 11.9. The first kappa shape index (κ1) is 21.0. The Morgan fingerprint density at radius 1 is 0.931 bits per heavy atom. The minimum absolute atomic E-state index is 0.0997. The Morgan fingerprint density at radius 3 is 2.38 bits per heavy atom. The topological polar surface area (TPSA) is 60.2 Å². The number of halogens is 3. The summed E-state index contributed by atoms with van der Waals surface area (Å²) >= 11 is 0. The second kappa shape index (κ2) is 9.15. The fourth-order valence-corrected chi connectivity index (χ4v) is 3.03. The van der Waals surface area contributed by atoms with Crippen LogP contribution in [0.3, 0.4) is 0 Å². The number of nitrogens with zero attached hydrogens (tertiary/aromatic N) is 3. The standard InChI is InChI=1S/C21H24F3N3O2/c1-2-3-4-5-6-7-12-29-16-9-11-19(20(28)14-16)27-25-17-10-8-15(21(22,23)24)13-18(17)26-27/h8-11,13-14,28H,2-7,12H2,1H3. The van der Waals surface area contributed by atoms with E-state index in [2.05, 4.69) is 17.1 Å². The lowest BCUT2D eigenvalue weighted by atomic mass is 10.1. The van der Waals surface area contributed by atoms with Gasteiger partial charge in [0.2, 0.25) is 0 Å². The zero-order chi connectivity index (χ0) is 20.9. The van der Waals surface area contributed by atoms with Crippen LogP contribution in [-0.2, 0) is 6.18 Å². The van der Waals surface area contributed by atoms with Crippen molar-refractivity contribution in [1.29, 1.82) is 0 Å². The lowest BCUT2D eigenvalue weighted by Crippen LogP contribution is -2.04. The molecule has 0 amide bonds. The number of benzene rings is 2. The molecule has 156 valence electrons. The van der Waals surface area contributed by atoms with E-state index in [0.29, 0.717) is 17.9 Å². The summed E-state index contributed by atoms with van der Waals surface area (Å²) in [5, 5.41) is 18.5. The number of phenols is 1. The maximum atomic E-state index is 12.9. The molecule has 0 aliphatic rings. The molecule has 1 heterocycles. The van der Waals surface area contributed by atoms with E-state index in [4.69, 9.17) is 4.74 Å². The van der Waals surface area contributed by atoms with Crippen molar-refractivity contribution in [3.05, 3.63) is 42.0 Å². The highest BCUT2D eigenvalue weighted by Gasteiger charge is 2.31. The van der Waals surface area contributed by atoms with Crippen molar-refractivity contribution >= 4 is 11.0 Å². The minimum Gasteiger partial charge on any atom is -0.505 e. The summed E-state index contributed by atoms with van der Waals surface area (Å²) < 4.78 is 44.2. The molecule has 1 aromatic heterocycles. The number of hydrogen-bond acceptors (Lipinski definition) is 4. The van der Waals surface area contributed by atoms with Crippen molar-refractivity contribution in [2.75, 3.05) is 6.61 Å². The molecular weight excluding hydrogens is 383 g/mol. The van der Waals surface area contributed by atoms with Crippen LogP contribution < -0.4 is 4.74 Å². The first-order valence-electron chi connectivity index (χ1n) is 9.79. The van der Waals surface area contributed by atoms with Crippen LogP contribution in [0, 0.1) is 0 Å². The molecular formula is C21H24F3N3O2. The number of phenolic OH excluding ortho intramolecular Hbond substituents is 1. The van der Waals surface area contributed by atoms with E-state index in [1.54, 1.807) is 12.1 Å². The molecule has 5 nitrogen and oxygen atoms in total. The molecule has 29 heavy (non-hydrogen) atoms. The number of fused-ring (bicyclic) bond motifs is 1.